The molecule has 0 atom stereocenters. The number of nitrogens with one attached hydrogen (secondary N) is 2. The zero-order valence-corrected chi connectivity index (χ0v) is 17.2. The van der Waals surface area contributed by atoms with Gasteiger partial charge in [-0.25, -0.2) is 9.97 Å². The van der Waals surface area contributed by atoms with Crippen molar-refractivity contribution >= 4 is 61.2 Å². The van der Waals surface area contributed by atoms with E-state index in [4.69, 9.17) is 20.4 Å². The first-order chi connectivity index (χ1) is 14.5. The standard InChI is InChI=1S/C20H10BrClN4O4/c21-9-1-4-14-12(5-9)16-17(30-14)20(28)26-18(25-16)11-3-2-10(6-13(11)22)24-19(27)15-7-23-8-29-15/h1-8H,(H,24,27)(H,25,26,28). The fourth-order valence-corrected chi connectivity index (χ4v) is 3.69. The highest BCUT2D eigenvalue weighted by atomic mass is 79.9. The van der Waals surface area contributed by atoms with Crippen LogP contribution in [0.5, 0.6) is 0 Å². The number of halogens is 2. The highest BCUT2D eigenvalue weighted by Crippen LogP contribution is 2.32. The van der Waals surface area contributed by atoms with Crippen LogP contribution in [0.4, 0.5) is 5.69 Å². The number of oxazole rings is 1. The van der Waals surface area contributed by atoms with E-state index in [0.29, 0.717) is 32.8 Å². The van der Waals surface area contributed by atoms with Gasteiger partial charge in [0.15, 0.2) is 6.39 Å². The molecule has 2 aromatic carbocycles. The lowest BCUT2D eigenvalue weighted by Crippen LogP contribution is -2.11. The molecule has 0 radical (unpaired) electrons. The molecule has 0 aliphatic heterocycles. The molecule has 0 saturated heterocycles. The first kappa shape index (κ1) is 18.6. The number of benzene rings is 2. The van der Waals surface area contributed by atoms with Crippen LogP contribution in [0.15, 0.2) is 67.1 Å². The van der Waals surface area contributed by atoms with E-state index in [1.54, 1.807) is 24.3 Å². The smallest absolute Gasteiger partial charge is 0.294 e. The Kier molecular flexibility index (Phi) is 4.41. The fourth-order valence-electron chi connectivity index (χ4n) is 3.06. The second-order valence-electron chi connectivity index (χ2n) is 6.35. The molecule has 2 N–H and O–H groups in total. The van der Waals surface area contributed by atoms with Crippen molar-refractivity contribution in [1.29, 1.82) is 0 Å². The normalized spacial score (nSPS) is 11.3. The van der Waals surface area contributed by atoms with Crippen LogP contribution in [0.25, 0.3) is 33.5 Å². The third-order valence-electron chi connectivity index (χ3n) is 4.42. The first-order valence-electron chi connectivity index (χ1n) is 8.61. The van der Waals surface area contributed by atoms with Crippen molar-refractivity contribution in [2.45, 2.75) is 0 Å². The molecule has 0 aliphatic carbocycles. The summed E-state index contributed by atoms with van der Waals surface area (Å²) in [6, 6.07) is 10.3. The molecule has 0 spiro atoms. The number of hydrogen-bond acceptors (Lipinski definition) is 6. The van der Waals surface area contributed by atoms with E-state index in [-0.39, 0.29) is 17.2 Å². The fraction of sp³-hybridized carbons (Fsp3) is 0. The van der Waals surface area contributed by atoms with Crippen LogP contribution < -0.4 is 10.9 Å². The Morgan fingerprint density at radius 1 is 1.20 bits per heavy atom. The van der Waals surface area contributed by atoms with Gasteiger partial charge in [0.25, 0.3) is 11.5 Å². The largest absolute Gasteiger partial charge is 0.449 e. The van der Waals surface area contributed by atoms with Gasteiger partial charge in [-0.05, 0) is 36.4 Å². The Bertz CT molecular complexity index is 1490. The molecule has 0 aliphatic rings. The Morgan fingerprint density at radius 3 is 2.83 bits per heavy atom. The Labute approximate surface area is 181 Å². The highest BCUT2D eigenvalue weighted by Gasteiger charge is 2.17. The summed E-state index contributed by atoms with van der Waals surface area (Å²) in [4.78, 5) is 35.6. The van der Waals surface area contributed by atoms with Gasteiger partial charge in [0.2, 0.25) is 11.3 Å². The minimum Gasteiger partial charge on any atom is -0.449 e. The molecule has 10 heteroatoms. The average Bonchev–Trinajstić information content (AvgIpc) is 3.37. The molecule has 5 aromatic rings. The van der Waals surface area contributed by atoms with Crippen LogP contribution >= 0.6 is 27.5 Å². The van der Waals surface area contributed by atoms with Crippen LogP contribution in [0.3, 0.4) is 0 Å². The SMILES string of the molecule is O=C(Nc1ccc(-c2nc3c(oc4ccc(Br)cc43)c(=O)[nH]2)c(Cl)c1)c1cnco1. The number of rotatable bonds is 3. The van der Waals surface area contributed by atoms with E-state index >= 15 is 0 Å². The van der Waals surface area contributed by atoms with Crippen molar-refractivity contribution in [3.8, 4) is 11.4 Å². The first-order valence-corrected chi connectivity index (χ1v) is 9.78. The van der Waals surface area contributed by atoms with Crippen LogP contribution in [-0.2, 0) is 0 Å². The van der Waals surface area contributed by atoms with Crippen molar-refractivity contribution in [3.63, 3.8) is 0 Å². The van der Waals surface area contributed by atoms with Gasteiger partial charge in [0.1, 0.15) is 16.9 Å². The Hall–Kier alpha value is -3.43. The van der Waals surface area contributed by atoms with Gasteiger partial charge in [-0.15, -0.1) is 0 Å². The number of carbonyl (C=O) groups excluding carboxylic acids is 1. The van der Waals surface area contributed by atoms with Gasteiger partial charge in [-0.1, -0.05) is 27.5 Å². The monoisotopic (exact) mass is 484 g/mol. The van der Waals surface area contributed by atoms with Crippen molar-refractivity contribution in [2.75, 3.05) is 5.32 Å². The summed E-state index contributed by atoms with van der Waals surface area (Å²) in [5.41, 5.74) is 1.66. The van der Waals surface area contributed by atoms with E-state index in [1.165, 1.54) is 12.6 Å². The van der Waals surface area contributed by atoms with E-state index < -0.39 is 11.5 Å². The van der Waals surface area contributed by atoms with Gasteiger partial charge in [0.05, 0.1) is 11.2 Å². The van der Waals surface area contributed by atoms with Crippen molar-refractivity contribution in [3.05, 3.63) is 74.6 Å². The van der Waals surface area contributed by atoms with Crippen molar-refractivity contribution in [2.24, 2.45) is 0 Å². The van der Waals surface area contributed by atoms with Crippen LogP contribution in [0.1, 0.15) is 10.6 Å². The number of aromatic amines is 1. The zero-order chi connectivity index (χ0) is 20.8. The van der Waals surface area contributed by atoms with E-state index in [0.717, 1.165) is 4.47 Å². The van der Waals surface area contributed by atoms with Gasteiger partial charge < -0.3 is 19.1 Å². The lowest BCUT2D eigenvalue weighted by molar-refractivity contribution is 0.0996. The summed E-state index contributed by atoms with van der Waals surface area (Å²) < 4.78 is 11.4. The third kappa shape index (κ3) is 3.17. The summed E-state index contributed by atoms with van der Waals surface area (Å²) in [7, 11) is 0. The maximum atomic E-state index is 12.6. The highest BCUT2D eigenvalue weighted by molar-refractivity contribution is 9.10. The van der Waals surface area contributed by atoms with Crippen molar-refractivity contribution < 1.29 is 13.6 Å². The molecule has 0 saturated carbocycles. The topological polar surface area (TPSA) is 114 Å². The number of carbonyl (C=O) groups is 1. The average molecular weight is 486 g/mol. The van der Waals surface area contributed by atoms with Gasteiger partial charge >= 0.3 is 0 Å². The summed E-state index contributed by atoms with van der Waals surface area (Å²) in [5, 5.41) is 3.66. The number of amides is 1. The Morgan fingerprint density at radius 2 is 2.07 bits per heavy atom. The second kappa shape index (κ2) is 7.12. The molecular weight excluding hydrogens is 476 g/mol. The number of nitrogens with zero attached hydrogens (tertiary/aromatic N) is 2. The number of furan rings is 1. The summed E-state index contributed by atoms with van der Waals surface area (Å²) in [6.07, 6.45) is 2.48. The number of hydrogen-bond donors (Lipinski definition) is 2. The van der Waals surface area contributed by atoms with Crippen molar-refractivity contribution in [1.82, 2.24) is 15.0 Å². The second-order valence-corrected chi connectivity index (χ2v) is 7.67. The maximum Gasteiger partial charge on any atom is 0.294 e. The minimum atomic E-state index is -0.459. The zero-order valence-electron chi connectivity index (χ0n) is 14.9. The van der Waals surface area contributed by atoms with E-state index in [9.17, 15) is 9.59 Å². The van der Waals surface area contributed by atoms with E-state index in [2.05, 4.69) is 36.2 Å². The van der Waals surface area contributed by atoms with Gasteiger partial charge in [0, 0.05) is 21.1 Å². The predicted molar refractivity (Wildman–Crippen MR) is 115 cm³/mol. The number of aromatic nitrogens is 3. The number of fused-ring (bicyclic) bond motifs is 3. The van der Waals surface area contributed by atoms with Crippen LogP contribution in [0.2, 0.25) is 5.02 Å². The summed E-state index contributed by atoms with van der Waals surface area (Å²) >= 11 is 9.83. The molecule has 30 heavy (non-hydrogen) atoms. The molecule has 148 valence electrons. The maximum absolute atomic E-state index is 12.6. The number of anilines is 1. The molecule has 5 rings (SSSR count). The molecule has 3 aromatic heterocycles. The molecular formula is C20H10BrClN4O4. The van der Waals surface area contributed by atoms with Gasteiger partial charge in [-0.2, -0.15) is 0 Å². The van der Waals surface area contributed by atoms with Crippen LogP contribution in [0, 0.1) is 0 Å². The lowest BCUT2D eigenvalue weighted by atomic mass is 10.1. The third-order valence-corrected chi connectivity index (χ3v) is 5.23. The minimum absolute atomic E-state index is 0.0737. The summed E-state index contributed by atoms with van der Waals surface area (Å²) in [6.45, 7) is 0. The molecule has 3 heterocycles. The van der Waals surface area contributed by atoms with E-state index in [1.807, 2.05) is 12.1 Å². The Balaban J connectivity index is 1.56. The lowest BCUT2D eigenvalue weighted by Gasteiger charge is -2.07. The molecule has 8 nitrogen and oxygen atoms in total. The molecule has 0 unspecified atom stereocenters. The molecule has 0 fully saturated rings. The number of H-pyrrole nitrogens is 1. The summed E-state index contributed by atoms with van der Waals surface area (Å²) in [5.74, 6) is -0.0994. The van der Waals surface area contributed by atoms with Crippen LogP contribution in [-0.4, -0.2) is 20.9 Å². The molecule has 1 amide bonds. The quantitative estimate of drug-likeness (QED) is 0.372. The predicted octanol–water partition coefficient (Wildman–Crippen LogP) is 4.99. The molecule has 0 bridgehead atoms. The van der Waals surface area contributed by atoms with Gasteiger partial charge in [-0.3, -0.25) is 9.59 Å².